The molecular weight excluding hydrogens is 288 g/mol. The number of carboxylic acids is 1. The summed E-state index contributed by atoms with van der Waals surface area (Å²) < 4.78 is 0. The Bertz CT molecular complexity index is 606. The van der Waals surface area contributed by atoms with Crippen molar-refractivity contribution in [3.63, 3.8) is 0 Å². The molecule has 1 fully saturated rings. The Kier molecular flexibility index (Phi) is 4.75. The lowest BCUT2D eigenvalue weighted by molar-refractivity contribution is -0.385. The van der Waals surface area contributed by atoms with Crippen molar-refractivity contribution >= 4 is 23.3 Å². The molecule has 1 aliphatic rings. The Morgan fingerprint density at radius 3 is 2.36 bits per heavy atom. The number of amides is 1. The highest BCUT2D eigenvalue weighted by molar-refractivity contribution is 5.94. The van der Waals surface area contributed by atoms with Crippen LogP contribution in [0.25, 0.3) is 0 Å². The molecule has 0 aromatic heterocycles. The second-order valence-electron chi connectivity index (χ2n) is 5.58. The minimum Gasteiger partial charge on any atom is -0.481 e. The number of carbonyl (C=O) groups is 2. The molecule has 7 nitrogen and oxygen atoms in total. The zero-order chi connectivity index (χ0) is 16.3. The third-order valence-corrected chi connectivity index (χ3v) is 4.21. The summed E-state index contributed by atoms with van der Waals surface area (Å²) in [7, 11) is 0. The van der Waals surface area contributed by atoms with Gasteiger partial charge in [-0.15, -0.1) is 0 Å². The highest BCUT2D eigenvalue weighted by Crippen LogP contribution is 2.31. The van der Waals surface area contributed by atoms with Crippen molar-refractivity contribution in [1.29, 1.82) is 0 Å². The number of carbonyl (C=O) groups excluding carboxylic acids is 1. The van der Waals surface area contributed by atoms with E-state index in [9.17, 15) is 19.7 Å². The molecule has 0 spiro atoms. The largest absolute Gasteiger partial charge is 0.481 e. The number of nitro groups is 1. The zero-order valence-corrected chi connectivity index (χ0v) is 12.2. The smallest absolute Gasteiger partial charge is 0.306 e. The third-order valence-electron chi connectivity index (χ3n) is 4.21. The van der Waals surface area contributed by atoms with Crippen LogP contribution in [-0.4, -0.2) is 21.9 Å². The minimum atomic E-state index is -0.812. The van der Waals surface area contributed by atoms with Gasteiger partial charge in [-0.25, -0.2) is 0 Å². The normalized spacial score (nSPS) is 21.1. The SMILES string of the molecule is Cc1c(NC(=O)C2CCC(C(=O)O)CC2)cccc1[N+](=O)[O-]. The average molecular weight is 306 g/mol. The summed E-state index contributed by atoms with van der Waals surface area (Å²) >= 11 is 0. The van der Waals surface area contributed by atoms with Gasteiger partial charge in [-0.1, -0.05) is 6.07 Å². The lowest BCUT2D eigenvalue weighted by Crippen LogP contribution is -2.29. The monoisotopic (exact) mass is 306 g/mol. The molecule has 1 aliphatic carbocycles. The van der Waals surface area contributed by atoms with Gasteiger partial charge in [-0.2, -0.15) is 0 Å². The maximum absolute atomic E-state index is 12.2. The lowest BCUT2D eigenvalue weighted by Gasteiger charge is -2.25. The molecule has 0 bridgehead atoms. The number of benzene rings is 1. The molecule has 118 valence electrons. The number of aliphatic carboxylic acids is 1. The van der Waals surface area contributed by atoms with Crippen LogP contribution in [0.15, 0.2) is 18.2 Å². The standard InChI is InChI=1S/C15H18N2O5/c1-9-12(3-2-4-13(9)17(21)22)16-14(18)10-5-7-11(8-6-10)15(19)20/h2-4,10-11H,5-8H2,1H3,(H,16,18)(H,19,20). The fourth-order valence-corrected chi connectivity index (χ4v) is 2.79. The predicted octanol–water partition coefficient (Wildman–Crippen LogP) is 2.73. The average Bonchev–Trinajstić information content (AvgIpc) is 2.49. The maximum Gasteiger partial charge on any atom is 0.306 e. The van der Waals surface area contributed by atoms with E-state index in [0.717, 1.165) is 0 Å². The van der Waals surface area contributed by atoms with Crippen LogP contribution in [0.5, 0.6) is 0 Å². The van der Waals surface area contributed by atoms with Crippen molar-refractivity contribution < 1.29 is 19.6 Å². The van der Waals surface area contributed by atoms with Gasteiger partial charge < -0.3 is 10.4 Å². The van der Waals surface area contributed by atoms with E-state index in [1.54, 1.807) is 13.0 Å². The Hall–Kier alpha value is -2.44. The summed E-state index contributed by atoms with van der Waals surface area (Å²) in [6, 6.07) is 4.55. The summed E-state index contributed by atoms with van der Waals surface area (Å²) in [5.74, 6) is -1.63. The molecule has 0 radical (unpaired) electrons. The maximum atomic E-state index is 12.2. The van der Waals surface area contributed by atoms with Crippen LogP contribution >= 0.6 is 0 Å². The number of nitrogens with zero attached hydrogens (tertiary/aromatic N) is 1. The topological polar surface area (TPSA) is 110 Å². The zero-order valence-electron chi connectivity index (χ0n) is 12.2. The molecule has 7 heteroatoms. The van der Waals surface area contributed by atoms with Crippen LogP contribution in [0.3, 0.4) is 0 Å². The number of hydrogen-bond donors (Lipinski definition) is 2. The van der Waals surface area contributed by atoms with Gasteiger partial charge in [0.25, 0.3) is 5.69 Å². The van der Waals surface area contributed by atoms with Crippen molar-refractivity contribution in [2.75, 3.05) is 5.32 Å². The van der Waals surface area contributed by atoms with E-state index in [0.29, 0.717) is 36.9 Å². The number of anilines is 1. The van der Waals surface area contributed by atoms with E-state index < -0.39 is 10.9 Å². The first-order valence-corrected chi connectivity index (χ1v) is 7.17. The summed E-state index contributed by atoms with van der Waals surface area (Å²) in [5.41, 5.74) is 0.812. The van der Waals surface area contributed by atoms with Gasteiger partial charge in [0.15, 0.2) is 0 Å². The van der Waals surface area contributed by atoms with Crippen molar-refractivity contribution in [2.45, 2.75) is 32.6 Å². The van der Waals surface area contributed by atoms with Crippen molar-refractivity contribution in [3.05, 3.63) is 33.9 Å². The quantitative estimate of drug-likeness (QED) is 0.656. The van der Waals surface area contributed by atoms with Crippen LogP contribution in [0.2, 0.25) is 0 Å². The van der Waals surface area contributed by atoms with Gasteiger partial charge in [0.1, 0.15) is 0 Å². The molecule has 0 saturated heterocycles. The first kappa shape index (κ1) is 15.9. The van der Waals surface area contributed by atoms with Gasteiger partial charge in [0.2, 0.25) is 5.91 Å². The Morgan fingerprint density at radius 2 is 1.82 bits per heavy atom. The molecule has 0 heterocycles. The fourth-order valence-electron chi connectivity index (χ4n) is 2.79. The van der Waals surface area contributed by atoms with E-state index in [4.69, 9.17) is 5.11 Å². The molecular formula is C15H18N2O5. The van der Waals surface area contributed by atoms with E-state index in [1.807, 2.05) is 0 Å². The molecule has 0 aliphatic heterocycles. The molecule has 2 rings (SSSR count). The number of rotatable bonds is 4. The predicted molar refractivity (Wildman–Crippen MR) is 79.5 cm³/mol. The number of hydrogen-bond acceptors (Lipinski definition) is 4. The van der Waals surface area contributed by atoms with E-state index in [-0.39, 0.29) is 23.4 Å². The van der Waals surface area contributed by atoms with Crippen molar-refractivity contribution in [3.8, 4) is 0 Å². The Balaban J connectivity index is 2.03. The van der Waals surface area contributed by atoms with Gasteiger partial charge in [-0.05, 0) is 38.7 Å². The van der Waals surface area contributed by atoms with Crippen LogP contribution < -0.4 is 5.32 Å². The number of carboxylic acid groups (broad SMARTS) is 1. The van der Waals surface area contributed by atoms with Crippen molar-refractivity contribution in [2.24, 2.45) is 11.8 Å². The van der Waals surface area contributed by atoms with Crippen LogP contribution in [-0.2, 0) is 9.59 Å². The molecule has 1 amide bonds. The minimum absolute atomic E-state index is 0.0348. The molecule has 1 aromatic carbocycles. The lowest BCUT2D eigenvalue weighted by atomic mass is 9.81. The Morgan fingerprint density at radius 1 is 1.23 bits per heavy atom. The van der Waals surface area contributed by atoms with Gasteiger partial charge in [0, 0.05) is 12.0 Å². The third kappa shape index (κ3) is 3.41. The molecule has 1 saturated carbocycles. The molecule has 22 heavy (non-hydrogen) atoms. The van der Waals surface area contributed by atoms with Crippen LogP contribution in [0, 0.1) is 28.9 Å². The van der Waals surface area contributed by atoms with Gasteiger partial charge in [-0.3, -0.25) is 19.7 Å². The summed E-state index contributed by atoms with van der Waals surface area (Å²) in [4.78, 5) is 33.6. The summed E-state index contributed by atoms with van der Waals surface area (Å²) in [6.45, 7) is 1.59. The molecule has 0 unspecified atom stereocenters. The highest BCUT2D eigenvalue weighted by Gasteiger charge is 2.30. The van der Waals surface area contributed by atoms with E-state index in [2.05, 4.69) is 5.32 Å². The Labute approximate surface area is 127 Å². The van der Waals surface area contributed by atoms with Gasteiger partial charge in [0.05, 0.1) is 22.1 Å². The molecule has 2 N–H and O–H groups in total. The van der Waals surface area contributed by atoms with Crippen LogP contribution in [0.4, 0.5) is 11.4 Å². The van der Waals surface area contributed by atoms with Crippen molar-refractivity contribution in [1.82, 2.24) is 0 Å². The van der Waals surface area contributed by atoms with E-state index >= 15 is 0 Å². The second kappa shape index (κ2) is 6.55. The molecule has 1 aromatic rings. The fraction of sp³-hybridized carbons (Fsp3) is 0.467. The number of nitrogens with one attached hydrogen (secondary N) is 1. The van der Waals surface area contributed by atoms with Crippen LogP contribution in [0.1, 0.15) is 31.2 Å². The molecule has 0 atom stereocenters. The van der Waals surface area contributed by atoms with Gasteiger partial charge >= 0.3 is 5.97 Å². The number of nitro benzene ring substituents is 1. The summed E-state index contributed by atoms with van der Waals surface area (Å²) in [6.07, 6.45) is 2.02. The first-order chi connectivity index (χ1) is 10.4. The second-order valence-corrected chi connectivity index (χ2v) is 5.58. The summed E-state index contributed by atoms with van der Waals surface area (Å²) in [5, 5.41) is 22.6. The van der Waals surface area contributed by atoms with E-state index in [1.165, 1.54) is 12.1 Å². The highest BCUT2D eigenvalue weighted by atomic mass is 16.6. The first-order valence-electron chi connectivity index (χ1n) is 7.17.